The van der Waals surface area contributed by atoms with E-state index < -0.39 is 18.5 Å². The number of hydrogen-bond donors (Lipinski definition) is 2. The van der Waals surface area contributed by atoms with E-state index in [1.165, 1.54) is 6.92 Å². The lowest BCUT2D eigenvalue weighted by molar-refractivity contribution is -0.140. The van der Waals surface area contributed by atoms with Crippen LogP contribution in [0.3, 0.4) is 0 Å². The highest BCUT2D eigenvalue weighted by atomic mass is 31.2. The molecule has 5 nitrogen and oxygen atoms in total. The summed E-state index contributed by atoms with van der Waals surface area (Å²) >= 11 is 0. The summed E-state index contributed by atoms with van der Waals surface area (Å²) in [6, 6.07) is 8.23. The zero-order chi connectivity index (χ0) is 14.8. The molecule has 2 N–H and O–H groups in total. The molecule has 2 rings (SSSR count). The molecule has 3 atom stereocenters. The number of carbonyl (C=O) groups is 1. The van der Waals surface area contributed by atoms with Gasteiger partial charge in [0.05, 0.1) is 12.3 Å². The zero-order valence-electron chi connectivity index (χ0n) is 11.4. The number of carboxylic acid groups (broad SMARTS) is 1. The van der Waals surface area contributed by atoms with Crippen molar-refractivity contribution in [2.24, 2.45) is 0 Å². The molecule has 0 saturated carbocycles. The smallest absolute Gasteiger partial charge is 0.323 e. The largest absolute Gasteiger partial charge is 0.480 e. The van der Waals surface area contributed by atoms with E-state index in [0.29, 0.717) is 18.6 Å². The van der Waals surface area contributed by atoms with E-state index in [9.17, 15) is 19.4 Å². The van der Waals surface area contributed by atoms with Crippen molar-refractivity contribution >= 4 is 13.3 Å². The number of rotatable bonds is 5. The standard InChI is InChI=1S/C14H19O5P/c1-14(13(15)16,11-6-3-2-4-7-11)20(17,18)10-12-8-5-9-19-12/h2-4,6-7,12H,5,8-10H2,1H3,(H,15,16)(H,17,18). The average molecular weight is 298 g/mol. The van der Waals surface area contributed by atoms with Crippen molar-refractivity contribution in [3.63, 3.8) is 0 Å². The number of benzene rings is 1. The van der Waals surface area contributed by atoms with E-state index >= 15 is 0 Å². The van der Waals surface area contributed by atoms with Crippen LogP contribution in [0.1, 0.15) is 25.3 Å². The third-order valence-corrected chi connectivity index (χ3v) is 6.68. The van der Waals surface area contributed by atoms with E-state index in [-0.39, 0.29) is 12.3 Å². The van der Waals surface area contributed by atoms with Crippen molar-refractivity contribution in [1.82, 2.24) is 0 Å². The van der Waals surface area contributed by atoms with Crippen LogP contribution >= 0.6 is 7.37 Å². The van der Waals surface area contributed by atoms with Gasteiger partial charge in [-0.2, -0.15) is 0 Å². The minimum atomic E-state index is -3.97. The minimum Gasteiger partial charge on any atom is -0.480 e. The second-order valence-electron chi connectivity index (χ2n) is 5.26. The number of ether oxygens (including phenoxy) is 1. The first-order valence-corrected chi connectivity index (χ1v) is 8.45. The molecule has 1 aromatic rings. The Labute approximate surface area is 118 Å². The molecule has 110 valence electrons. The van der Waals surface area contributed by atoms with Gasteiger partial charge in [-0.25, -0.2) is 0 Å². The maximum Gasteiger partial charge on any atom is 0.323 e. The van der Waals surface area contributed by atoms with E-state index in [0.717, 1.165) is 6.42 Å². The van der Waals surface area contributed by atoms with Crippen molar-refractivity contribution in [2.45, 2.75) is 31.0 Å². The summed E-state index contributed by atoms with van der Waals surface area (Å²) in [5.74, 6) is -1.28. The highest BCUT2D eigenvalue weighted by molar-refractivity contribution is 7.60. The summed E-state index contributed by atoms with van der Waals surface area (Å²) in [4.78, 5) is 22.1. The predicted octanol–water partition coefficient (Wildman–Crippen LogP) is 2.44. The monoisotopic (exact) mass is 298 g/mol. The molecule has 1 saturated heterocycles. The Balaban J connectivity index is 2.36. The molecule has 1 heterocycles. The van der Waals surface area contributed by atoms with Crippen molar-refractivity contribution in [3.8, 4) is 0 Å². The summed E-state index contributed by atoms with van der Waals surface area (Å²) in [5, 5.41) is 7.72. The maximum atomic E-state index is 12.7. The second-order valence-corrected chi connectivity index (χ2v) is 7.93. The van der Waals surface area contributed by atoms with Gasteiger partial charge in [0.15, 0.2) is 5.16 Å². The zero-order valence-corrected chi connectivity index (χ0v) is 12.3. The van der Waals surface area contributed by atoms with Gasteiger partial charge >= 0.3 is 5.97 Å². The lowest BCUT2D eigenvalue weighted by Gasteiger charge is -2.31. The van der Waals surface area contributed by atoms with Crippen LogP contribution in [0.5, 0.6) is 0 Å². The Morgan fingerprint density at radius 2 is 2.10 bits per heavy atom. The van der Waals surface area contributed by atoms with Gasteiger partial charge < -0.3 is 14.7 Å². The Morgan fingerprint density at radius 3 is 2.60 bits per heavy atom. The summed E-state index contributed by atoms with van der Waals surface area (Å²) < 4.78 is 18.1. The molecule has 6 heteroatoms. The number of hydrogen-bond acceptors (Lipinski definition) is 3. The van der Waals surface area contributed by atoms with Gasteiger partial charge in [-0.05, 0) is 25.3 Å². The number of aliphatic carboxylic acids is 1. The molecule has 1 aromatic carbocycles. The van der Waals surface area contributed by atoms with Gasteiger partial charge in [0.25, 0.3) is 0 Å². The summed E-state index contributed by atoms with van der Waals surface area (Å²) in [6.45, 7) is 1.89. The highest BCUT2D eigenvalue weighted by Crippen LogP contribution is 2.61. The van der Waals surface area contributed by atoms with Crippen molar-refractivity contribution in [1.29, 1.82) is 0 Å². The Kier molecular flexibility index (Phi) is 4.33. The molecule has 20 heavy (non-hydrogen) atoms. The van der Waals surface area contributed by atoms with E-state index in [4.69, 9.17) is 4.74 Å². The summed E-state index contributed by atoms with van der Waals surface area (Å²) in [6.07, 6.45) is 1.10. The van der Waals surface area contributed by atoms with Gasteiger partial charge in [-0.15, -0.1) is 0 Å². The molecule has 0 radical (unpaired) electrons. The molecule has 0 aliphatic carbocycles. The SMILES string of the molecule is CC(C(=O)O)(c1ccccc1)P(=O)(O)CC1CCCO1. The van der Waals surface area contributed by atoms with Crippen LogP contribution in [0, 0.1) is 0 Å². The Bertz CT molecular complexity index is 524. The molecule has 3 unspecified atom stereocenters. The van der Waals surface area contributed by atoms with Gasteiger partial charge in [-0.1, -0.05) is 30.3 Å². The first kappa shape index (κ1) is 15.2. The molecule has 1 aliphatic heterocycles. The second kappa shape index (κ2) is 5.68. The van der Waals surface area contributed by atoms with Gasteiger partial charge in [0.1, 0.15) is 0 Å². The molecule has 0 bridgehead atoms. The lowest BCUT2D eigenvalue weighted by Crippen LogP contribution is -2.35. The van der Waals surface area contributed by atoms with Gasteiger partial charge in [-0.3, -0.25) is 9.36 Å². The number of carboxylic acids is 1. The minimum absolute atomic E-state index is 0.120. The molecule has 1 fully saturated rings. The average Bonchev–Trinajstić information content (AvgIpc) is 2.90. The van der Waals surface area contributed by atoms with Crippen molar-refractivity contribution in [3.05, 3.63) is 35.9 Å². The van der Waals surface area contributed by atoms with Crippen LogP contribution in [0.25, 0.3) is 0 Å². The Hall–Kier alpha value is -1.16. The first-order chi connectivity index (χ1) is 9.38. The third kappa shape index (κ3) is 2.66. The van der Waals surface area contributed by atoms with Crippen LogP contribution in [-0.4, -0.2) is 34.8 Å². The molecular formula is C14H19O5P. The molecule has 0 amide bonds. The third-order valence-electron chi connectivity index (χ3n) is 3.93. The topological polar surface area (TPSA) is 83.8 Å². The van der Waals surface area contributed by atoms with E-state index in [2.05, 4.69) is 0 Å². The molecule has 1 aliphatic rings. The van der Waals surface area contributed by atoms with Crippen LogP contribution in [-0.2, 0) is 19.3 Å². The first-order valence-electron chi connectivity index (χ1n) is 6.60. The molecular weight excluding hydrogens is 279 g/mol. The summed E-state index contributed by atoms with van der Waals surface area (Å²) in [5.41, 5.74) is 0.344. The van der Waals surface area contributed by atoms with Crippen LogP contribution in [0.4, 0.5) is 0 Å². The van der Waals surface area contributed by atoms with E-state index in [1.807, 2.05) is 0 Å². The Morgan fingerprint density at radius 1 is 1.45 bits per heavy atom. The quantitative estimate of drug-likeness (QED) is 0.816. The lowest BCUT2D eigenvalue weighted by atomic mass is 10.0. The van der Waals surface area contributed by atoms with Crippen molar-refractivity contribution in [2.75, 3.05) is 12.8 Å². The molecule has 0 spiro atoms. The van der Waals surface area contributed by atoms with Crippen LogP contribution in [0.2, 0.25) is 0 Å². The van der Waals surface area contributed by atoms with Gasteiger partial charge in [0, 0.05) is 6.61 Å². The van der Waals surface area contributed by atoms with Crippen LogP contribution in [0.15, 0.2) is 30.3 Å². The summed E-state index contributed by atoms with van der Waals surface area (Å²) in [7, 11) is -3.97. The normalized spacial score (nSPS) is 24.8. The highest BCUT2D eigenvalue weighted by Gasteiger charge is 2.52. The fraction of sp³-hybridized carbons (Fsp3) is 0.500. The van der Waals surface area contributed by atoms with Gasteiger partial charge in [0.2, 0.25) is 7.37 Å². The van der Waals surface area contributed by atoms with E-state index in [1.54, 1.807) is 30.3 Å². The molecule has 0 aromatic heterocycles. The fourth-order valence-electron chi connectivity index (χ4n) is 2.48. The van der Waals surface area contributed by atoms with Crippen LogP contribution < -0.4 is 0 Å². The predicted molar refractivity (Wildman–Crippen MR) is 75.1 cm³/mol. The van der Waals surface area contributed by atoms with Crippen molar-refractivity contribution < 1.29 is 24.1 Å². The fourth-order valence-corrected chi connectivity index (χ4v) is 4.54. The maximum absolute atomic E-state index is 12.7.